The van der Waals surface area contributed by atoms with E-state index in [4.69, 9.17) is 4.74 Å². The molecular formula is C25H31N3O3. The summed E-state index contributed by atoms with van der Waals surface area (Å²) in [5.41, 5.74) is 4.45. The van der Waals surface area contributed by atoms with Crippen molar-refractivity contribution >= 4 is 17.5 Å². The van der Waals surface area contributed by atoms with E-state index >= 15 is 0 Å². The highest BCUT2D eigenvalue weighted by Crippen LogP contribution is 2.27. The molecule has 1 saturated heterocycles. The first-order valence-corrected chi connectivity index (χ1v) is 11.1. The number of rotatable bonds is 7. The molecule has 2 amide bonds. The first-order valence-electron chi connectivity index (χ1n) is 11.1. The maximum atomic E-state index is 12.6. The standard InChI is InChI=1S/C25H31N3O3/c1-18-6-8-19(9-7-18)23(28-12-14-31-15-13-28)17-26-24(29)11-10-21-16-20-4-2-3-5-22(20)27-25(21)30/h2-9,21,23H,10-17H2,1H3,(H,26,29)(H,27,30). The number of hydrogen-bond acceptors (Lipinski definition) is 4. The van der Waals surface area contributed by atoms with Gasteiger partial charge in [-0.1, -0.05) is 48.0 Å². The second-order valence-electron chi connectivity index (χ2n) is 8.47. The number of anilines is 1. The monoisotopic (exact) mass is 421 g/mol. The van der Waals surface area contributed by atoms with Crippen molar-refractivity contribution in [2.75, 3.05) is 38.2 Å². The van der Waals surface area contributed by atoms with Crippen molar-refractivity contribution in [2.45, 2.75) is 32.2 Å². The number of nitrogens with zero attached hydrogens (tertiary/aromatic N) is 1. The van der Waals surface area contributed by atoms with Gasteiger partial charge in [0.1, 0.15) is 0 Å². The van der Waals surface area contributed by atoms with Crippen molar-refractivity contribution in [1.82, 2.24) is 10.2 Å². The summed E-state index contributed by atoms with van der Waals surface area (Å²) in [6.07, 6.45) is 1.60. The zero-order valence-corrected chi connectivity index (χ0v) is 18.1. The van der Waals surface area contributed by atoms with Crippen molar-refractivity contribution in [3.63, 3.8) is 0 Å². The molecule has 0 spiro atoms. The minimum Gasteiger partial charge on any atom is -0.379 e. The average molecular weight is 422 g/mol. The number of hydrogen-bond donors (Lipinski definition) is 2. The lowest BCUT2D eigenvalue weighted by Crippen LogP contribution is -2.44. The summed E-state index contributed by atoms with van der Waals surface area (Å²) in [5, 5.41) is 6.08. The fourth-order valence-electron chi connectivity index (χ4n) is 4.39. The van der Waals surface area contributed by atoms with Crippen LogP contribution >= 0.6 is 0 Å². The third-order valence-corrected chi connectivity index (χ3v) is 6.27. The van der Waals surface area contributed by atoms with Gasteiger partial charge in [-0.15, -0.1) is 0 Å². The van der Waals surface area contributed by atoms with Crippen LogP contribution in [0.25, 0.3) is 0 Å². The fourth-order valence-corrected chi connectivity index (χ4v) is 4.39. The maximum absolute atomic E-state index is 12.6. The van der Waals surface area contributed by atoms with Crippen LogP contribution in [0.4, 0.5) is 5.69 Å². The number of ether oxygens (including phenoxy) is 1. The molecule has 31 heavy (non-hydrogen) atoms. The summed E-state index contributed by atoms with van der Waals surface area (Å²) < 4.78 is 5.50. The van der Waals surface area contributed by atoms with E-state index in [-0.39, 0.29) is 23.8 Å². The summed E-state index contributed by atoms with van der Waals surface area (Å²) in [5.74, 6) is -0.151. The van der Waals surface area contributed by atoms with E-state index in [1.165, 1.54) is 11.1 Å². The van der Waals surface area contributed by atoms with Gasteiger partial charge < -0.3 is 15.4 Å². The Hall–Kier alpha value is -2.70. The molecule has 164 valence electrons. The Kier molecular flexibility index (Phi) is 6.99. The van der Waals surface area contributed by atoms with Gasteiger partial charge in [-0.05, 0) is 37.0 Å². The fraction of sp³-hybridized carbons (Fsp3) is 0.440. The molecule has 2 unspecified atom stereocenters. The Balaban J connectivity index is 1.32. The van der Waals surface area contributed by atoms with Crippen molar-refractivity contribution in [3.8, 4) is 0 Å². The van der Waals surface area contributed by atoms with E-state index in [1.54, 1.807) is 0 Å². The summed E-state index contributed by atoms with van der Waals surface area (Å²) in [7, 11) is 0. The number of nitrogens with one attached hydrogen (secondary N) is 2. The summed E-state index contributed by atoms with van der Waals surface area (Å²) >= 11 is 0. The third-order valence-electron chi connectivity index (χ3n) is 6.27. The van der Waals surface area contributed by atoms with E-state index in [2.05, 4.69) is 46.7 Å². The maximum Gasteiger partial charge on any atom is 0.227 e. The first kappa shape index (κ1) is 21.5. The van der Waals surface area contributed by atoms with E-state index in [0.29, 0.717) is 39.0 Å². The van der Waals surface area contributed by atoms with E-state index in [1.807, 2.05) is 24.3 Å². The molecule has 0 aromatic heterocycles. The highest BCUT2D eigenvalue weighted by molar-refractivity contribution is 5.96. The summed E-state index contributed by atoms with van der Waals surface area (Å²) in [4.78, 5) is 27.4. The molecule has 6 nitrogen and oxygen atoms in total. The lowest BCUT2D eigenvalue weighted by molar-refractivity contribution is -0.123. The van der Waals surface area contributed by atoms with Gasteiger partial charge in [-0.2, -0.15) is 0 Å². The number of para-hydroxylation sites is 1. The lowest BCUT2D eigenvalue weighted by Gasteiger charge is -2.35. The molecule has 1 fully saturated rings. The van der Waals surface area contributed by atoms with Gasteiger partial charge in [0.05, 0.1) is 19.3 Å². The van der Waals surface area contributed by atoms with Crippen molar-refractivity contribution in [2.24, 2.45) is 5.92 Å². The van der Waals surface area contributed by atoms with Crippen molar-refractivity contribution in [3.05, 3.63) is 65.2 Å². The Morgan fingerprint density at radius 3 is 2.68 bits per heavy atom. The normalized spacial score (nSPS) is 19.9. The van der Waals surface area contributed by atoms with Gasteiger partial charge in [0.25, 0.3) is 0 Å². The van der Waals surface area contributed by atoms with Crippen LogP contribution in [0, 0.1) is 12.8 Å². The number of fused-ring (bicyclic) bond motifs is 1. The first-order chi connectivity index (χ1) is 15.1. The van der Waals surface area contributed by atoms with Gasteiger partial charge in [0.15, 0.2) is 0 Å². The summed E-state index contributed by atoms with van der Waals surface area (Å²) in [6.45, 7) is 5.78. The second-order valence-corrected chi connectivity index (χ2v) is 8.47. The van der Waals surface area contributed by atoms with Gasteiger partial charge in [0.2, 0.25) is 11.8 Å². The highest BCUT2D eigenvalue weighted by Gasteiger charge is 2.27. The molecule has 2 heterocycles. The van der Waals surface area contributed by atoms with Crippen LogP contribution in [-0.4, -0.2) is 49.6 Å². The average Bonchev–Trinajstić information content (AvgIpc) is 2.79. The van der Waals surface area contributed by atoms with Crippen molar-refractivity contribution < 1.29 is 14.3 Å². The van der Waals surface area contributed by atoms with E-state index in [0.717, 1.165) is 24.3 Å². The van der Waals surface area contributed by atoms with Crippen LogP contribution in [0.1, 0.15) is 35.6 Å². The lowest BCUT2D eigenvalue weighted by atomic mass is 9.89. The topological polar surface area (TPSA) is 70.7 Å². The predicted molar refractivity (Wildman–Crippen MR) is 121 cm³/mol. The van der Waals surface area contributed by atoms with E-state index < -0.39 is 0 Å². The van der Waals surface area contributed by atoms with Crippen LogP contribution < -0.4 is 10.6 Å². The van der Waals surface area contributed by atoms with E-state index in [9.17, 15) is 9.59 Å². The number of amides is 2. The quantitative estimate of drug-likeness (QED) is 0.721. The molecule has 2 atom stereocenters. The Labute approximate surface area is 184 Å². The minimum atomic E-state index is -0.159. The third kappa shape index (κ3) is 5.51. The molecule has 0 bridgehead atoms. The molecule has 2 aliphatic rings. The van der Waals surface area contributed by atoms with Gasteiger partial charge in [-0.3, -0.25) is 14.5 Å². The van der Waals surface area contributed by atoms with Crippen LogP contribution in [0.15, 0.2) is 48.5 Å². The SMILES string of the molecule is Cc1ccc(C(CNC(=O)CCC2Cc3ccccc3NC2=O)N2CCOCC2)cc1. The van der Waals surface area contributed by atoms with Crippen molar-refractivity contribution in [1.29, 1.82) is 0 Å². The Morgan fingerprint density at radius 2 is 1.90 bits per heavy atom. The molecule has 2 aromatic carbocycles. The molecule has 4 rings (SSSR count). The Morgan fingerprint density at radius 1 is 1.16 bits per heavy atom. The minimum absolute atomic E-state index is 0.00275. The zero-order valence-electron chi connectivity index (χ0n) is 18.1. The molecule has 0 aliphatic carbocycles. The van der Waals surface area contributed by atoms with Gasteiger partial charge >= 0.3 is 0 Å². The van der Waals surface area contributed by atoms with Gasteiger partial charge in [-0.25, -0.2) is 0 Å². The molecule has 2 aromatic rings. The molecule has 2 aliphatic heterocycles. The van der Waals surface area contributed by atoms with Crippen LogP contribution in [0.2, 0.25) is 0 Å². The molecular weight excluding hydrogens is 390 g/mol. The number of morpholine rings is 1. The van der Waals surface area contributed by atoms with Crippen LogP contribution in [-0.2, 0) is 20.7 Å². The number of aryl methyl sites for hydroxylation is 1. The molecule has 0 radical (unpaired) electrons. The number of carbonyl (C=O) groups is 2. The molecule has 2 N–H and O–H groups in total. The number of benzene rings is 2. The van der Waals surface area contributed by atoms with Crippen LogP contribution in [0.5, 0.6) is 0 Å². The molecule has 0 saturated carbocycles. The summed E-state index contributed by atoms with van der Waals surface area (Å²) in [6, 6.07) is 16.5. The zero-order chi connectivity index (χ0) is 21.6. The van der Waals surface area contributed by atoms with Crippen LogP contribution in [0.3, 0.4) is 0 Å². The smallest absolute Gasteiger partial charge is 0.227 e. The predicted octanol–water partition coefficient (Wildman–Crippen LogP) is 3.08. The second kappa shape index (κ2) is 10.1. The highest BCUT2D eigenvalue weighted by atomic mass is 16.5. The Bertz CT molecular complexity index is 906. The molecule has 6 heteroatoms. The van der Waals surface area contributed by atoms with Gasteiger partial charge in [0, 0.05) is 37.7 Å². The largest absolute Gasteiger partial charge is 0.379 e. The number of carbonyl (C=O) groups excluding carboxylic acids is 2.